The fourth-order valence-corrected chi connectivity index (χ4v) is 2.00. The van der Waals surface area contributed by atoms with E-state index < -0.39 is 5.76 Å². The number of H-pyrrole nitrogens is 1. The maximum atomic E-state index is 11.8. The van der Waals surface area contributed by atoms with Crippen LogP contribution in [-0.4, -0.2) is 10.8 Å². The molecular formula is C11H8ClNO3. The molecule has 0 amide bonds. The van der Waals surface area contributed by atoms with Crippen molar-refractivity contribution in [1.29, 1.82) is 0 Å². The molecule has 1 saturated carbocycles. The van der Waals surface area contributed by atoms with Crippen molar-refractivity contribution in [1.82, 2.24) is 4.98 Å². The number of aromatic nitrogens is 1. The zero-order valence-electron chi connectivity index (χ0n) is 8.25. The van der Waals surface area contributed by atoms with Crippen molar-refractivity contribution in [2.24, 2.45) is 5.92 Å². The Morgan fingerprint density at radius 1 is 1.44 bits per heavy atom. The molecule has 1 aliphatic carbocycles. The minimum Gasteiger partial charge on any atom is -0.406 e. The normalized spacial score (nSPS) is 15.6. The molecule has 1 aliphatic rings. The van der Waals surface area contributed by atoms with E-state index in [4.69, 9.17) is 16.0 Å². The van der Waals surface area contributed by atoms with Crippen LogP contribution in [0.3, 0.4) is 0 Å². The van der Waals surface area contributed by atoms with Crippen molar-refractivity contribution in [2.75, 3.05) is 0 Å². The van der Waals surface area contributed by atoms with Gasteiger partial charge in [-0.15, -0.1) is 0 Å². The number of hydrogen-bond donors (Lipinski definition) is 1. The van der Waals surface area contributed by atoms with Gasteiger partial charge in [-0.05, 0) is 25.0 Å². The van der Waals surface area contributed by atoms with Crippen molar-refractivity contribution in [3.63, 3.8) is 0 Å². The third kappa shape index (κ3) is 1.46. The van der Waals surface area contributed by atoms with E-state index in [2.05, 4.69) is 4.98 Å². The van der Waals surface area contributed by atoms with Gasteiger partial charge in [0.25, 0.3) is 0 Å². The molecule has 0 aliphatic heterocycles. The first kappa shape index (κ1) is 9.66. The highest BCUT2D eigenvalue weighted by atomic mass is 35.5. The van der Waals surface area contributed by atoms with Crippen molar-refractivity contribution in [3.8, 4) is 0 Å². The molecule has 3 rings (SSSR count). The number of halogens is 1. The van der Waals surface area contributed by atoms with E-state index in [1.54, 1.807) is 12.1 Å². The number of carbonyl (C=O) groups excluding carboxylic acids is 1. The Morgan fingerprint density at radius 3 is 2.88 bits per heavy atom. The Bertz CT molecular complexity index is 636. The molecule has 82 valence electrons. The fraction of sp³-hybridized carbons (Fsp3) is 0.273. The summed E-state index contributed by atoms with van der Waals surface area (Å²) >= 11 is 5.94. The number of hydrogen-bond acceptors (Lipinski definition) is 3. The van der Waals surface area contributed by atoms with E-state index in [0.717, 1.165) is 12.8 Å². The molecule has 1 aromatic heterocycles. The van der Waals surface area contributed by atoms with Crippen LogP contribution in [0.4, 0.5) is 0 Å². The van der Waals surface area contributed by atoms with Crippen molar-refractivity contribution >= 4 is 28.5 Å². The topological polar surface area (TPSA) is 63.1 Å². The second-order valence-corrected chi connectivity index (χ2v) is 4.39. The number of carbonyl (C=O) groups is 1. The van der Waals surface area contributed by atoms with Crippen LogP contribution in [0.15, 0.2) is 21.3 Å². The van der Waals surface area contributed by atoms with Gasteiger partial charge in [0, 0.05) is 11.5 Å². The number of nitrogens with one attached hydrogen (secondary N) is 1. The highest BCUT2D eigenvalue weighted by Crippen LogP contribution is 2.34. The van der Waals surface area contributed by atoms with E-state index in [0.29, 0.717) is 21.7 Å². The Hall–Kier alpha value is -1.55. The van der Waals surface area contributed by atoms with E-state index in [1.807, 2.05) is 0 Å². The Morgan fingerprint density at radius 2 is 2.19 bits per heavy atom. The van der Waals surface area contributed by atoms with Crippen LogP contribution in [-0.2, 0) is 0 Å². The fourth-order valence-electron chi connectivity index (χ4n) is 1.74. The van der Waals surface area contributed by atoms with Gasteiger partial charge in [-0.1, -0.05) is 11.6 Å². The molecule has 0 spiro atoms. The lowest BCUT2D eigenvalue weighted by Crippen LogP contribution is -2.01. The highest BCUT2D eigenvalue weighted by Gasteiger charge is 2.31. The predicted molar refractivity (Wildman–Crippen MR) is 58.9 cm³/mol. The molecule has 2 aromatic rings. The summed E-state index contributed by atoms with van der Waals surface area (Å²) in [6.07, 6.45) is 1.88. The van der Waals surface area contributed by atoms with Crippen molar-refractivity contribution in [3.05, 3.63) is 33.3 Å². The van der Waals surface area contributed by atoms with Crippen molar-refractivity contribution < 1.29 is 9.21 Å². The van der Waals surface area contributed by atoms with Gasteiger partial charge in [-0.3, -0.25) is 9.78 Å². The number of Topliss-reactive ketones (excluding diaryl/α,β-unsaturated/α-hetero) is 1. The van der Waals surface area contributed by atoms with Gasteiger partial charge < -0.3 is 4.42 Å². The zero-order valence-corrected chi connectivity index (χ0v) is 9.00. The molecule has 1 aromatic carbocycles. The van der Waals surface area contributed by atoms with E-state index >= 15 is 0 Å². The quantitative estimate of drug-likeness (QED) is 0.816. The van der Waals surface area contributed by atoms with Gasteiger partial charge in [0.15, 0.2) is 11.4 Å². The summed E-state index contributed by atoms with van der Waals surface area (Å²) in [6, 6.07) is 3.17. The average molecular weight is 238 g/mol. The second-order valence-electron chi connectivity index (χ2n) is 3.99. The smallest absolute Gasteiger partial charge is 0.406 e. The Balaban J connectivity index is 2.19. The van der Waals surface area contributed by atoms with Crippen molar-refractivity contribution in [2.45, 2.75) is 12.8 Å². The van der Waals surface area contributed by atoms with Gasteiger partial charge in [0.05, 0.1) is 10.5 Å². The number of fused-ring (bicyclic) bond motifs is 1. The van der Waals surface area contributed by atoms with Gasteiger partial charge in [-0.2, -0.15) is 0 Å². The number of ketones is 1. The molecule has 0 atom stereocenters. The van der Waals surface area contributed by atoms with Gasteiger partial charge >= 0.3 is 5.76 Å². The van der Waals surface area contributed by atoms with E-state index in [9.17, 15) is 9.59 Å². The summed E-state index contributed by atoms with van der Waals surface area (Å²) in [6.45, 7) is 0. The van der Waals surface area contributed by atoms with E-state index in [-0.39, 0.29) is 11.7 Å². The summed E-state index contributed by atoms with van der Waals surface area (Å²) in [4.78, 5) is 25.3. The molecule has 0 unspecified atom stereocenters. The lowest BCUT2D eigenvalue weighted by molar-refractivity contribution is 0.0968. The molecule has 0 radical (unpaired) electrons. The third-order valence-electron chi connectivity index (χ3n) is 2.71. The average Bonchev–Trinajstić information content (AvgIpc) is 3.00. The van der Waals surface area contributed by atoms with Crippen LogP contribution in [0, 0.1) is 5.92 Å². The maximum Gasteiger partial charge on any atom is 0.417 e. The first-order chi connectivity index (χ1) is 7.65. The Labute approximate surface area is 95.2 Å². The summed E-state index contributed by atoms with van der Waals surface area (Å²) in [7, 11) is 0. The first-order valence-electron chi connectivity index (χ1n) is 5.02. The zero-order chi connectivity index (χ0) is 11.3. The number of oxazole rings is 1. The monoisotopic (exact) mass is 237 g/mol. The highest BCUT2D eigenvalue weighted by molar-refractivity contribution is 6.35. The van der Waals surface area contributed by atoms with Gasteiger partial charge in [0.2, 0.25) is 0 Å². The largest absolute Gasteiger partial charge is 0.417 e. The number of rotatable bonds is 2. The van der Waals surface area contributed by atoms with Crippen LogP contribution in [0.25, 0.3) is 11.1 Å². The van der Waals surface area contributed by atoms with Gasteiger partial charge in [0.1, 0.15) is 0 Å². The van der Waals surface area contributed by atoms with Crippen LogP contribution >= 0.6 is 11.6 Å². The molecule has 0 bridgehead atoms. The molecular weight excluding hydrogens is 230 g/mol. The summed E-state index contributed by atoms with van der Waals surface area (Å²) in [5.74, 6) is -0.342. The molecule has 16 heavy (non-hydrogen) atoms. The summed E-state index contributed by atoms with van der Waals surface area (Å²) in [5, 5.41) is 0.292. The minimum absolute atomic E-state index is 0.0887. The summed E-state index contributed by atoms with van der Waals surface area (Å²) < 4.78 is 4.86. The molecule has 1 N–H and O–H groups in total. The van der Waals surface area contributed by atoms with Crippen LogP contribution in [0.1, 0.15) is 23.2 Å². The maximum absolute atomic E-state index is 11.8. The molecule has 5 heteroatoms. The lowest BCUT2D eigenvalue weighted by Gasteiger charge is -1.99. The standard InChI is InChI=1S/C11H8ClNO3/c12-7-3-6(9(14)5-1-2-5)4-8-10(7)16-11(15)13-8/h3-5H,1-2H2,(H,13,15). The SMILES string of the molecule is O=C(c1cc(Cl)c2oc(=O)[nH]c2c1)C1CC1. The van der Waals surface area contributed by atoms with E-state index in [1.165, 1.54) is 0 Å². The van der Waals surface area contributed by atoms with Gasteiger partial charge in [-0.25, -0.2) is 4.79 Å². The van der Waals surface area contributed by atoms with Crippen LogP contribution in [0.5, 0.6) is 0 Å². The first-order valence-corrected chi connectivity index (χ1v) is 5.39. The molecule has 4 nitrogen and oxygen atoms in total. The van der Waals surface area contributed by atoms with Crippen LogP contribution < -0.4 is 5.76 Å². The Kier molecular flexibility index (Phi) is 1.94. The molecule has 1 heterocycles. The minimum atomic E-state index is -0.562. The number of aromatic amines is 1. The molecule has 0 saturated heterocycles. The number of benzene rings is 1. The lowest BCUT2D eigenvalue weighted by atomic mass is 10.1. The van der Waals surface area contributed by atoms with Crippen LogP contribution in [0.2, 0.25) is 5.02 Å². The molecule has 1 fully saturated rings. The second kappa shape index (κ2) is 3.22. The summed E-state index contributed by atoms with van der Waals surface area (Å²) in [5.41, 5.74) is 1.32. The third-order valence-corrected chi connectivity index (χ3v) is 2.99. The predicted octanol–water partition coefficient (Wildman–Crippen LogP) is 2.37.